The first kappa shape index (κ1) is 88.1. The van der Waals surface area contributed by atoms with E-state index in [-0.39, 0.29) is 25.7 Å². The summed E-state index contributed by atoms with van der Waals surface area (Å²) in [5.74, 6) is -0.571. The maximum Gasteiger partial charge on any atom is 0.472 e. The van der Waals surface area contributed by atoms with Gasteiger partial charge >= 0.3 is 39.5 Å². The lowest BCUT2D eigenvalue weighted by atomic mass is 9.99. The lowest BCUT2D eigenvalue weighted by Gasteiger charge is -2.21. The molecule has 6 atom stereocenters. The number of rotatable bonds is 70. The molecule has 17 nitrogen and oxygen atoms in total. The lowest BCUT2D eigenvalue weighted by molar-refractivity contribution is -0.161. The van der Waals surface area contributed by atoms with Crippen LogP contribution in [0.15, 0.2) is 0 Å². The zero-order chi connectivity index (χ0) is 66.5. The van der Waals surface area contributed by atoms with Crippen LogP contribution in [-0.4, -0.2) is 96.7 Å². The van der Waals surface area contributed by atoms with Gasteiger partial charge in [-0.1, -0.05) is 311 Å². The summed E-state index contributed by atoms with van der Waals surface area (Å²) in [6.07, 6.45) is 48.5. The van der Waals surface area contributed by atoms with E-state index in [1.54, 1.807) is 0 Å². The Hall–Kier alpha value is -1.94. The molecular weight excluding hydrogens is 1190 g/mol. The van der Waals surface area contributed by atoms with Gasteiger partial charge in [-0.15, -0.1) is 0 Å². The van der Waals surface area contributed by atoms with Crippen LogP contribution in [0.25, 0.3) is 0 Å². The van der Waals surface area contributed by atoms with Crippen molar-refractivity contribution in [3.8, 4) is 0 Å². The van der Waals surface area contributed by atoms with Gasteiger partial charge in [0.05, 0.1) is 26.4 Å². The molecule has 0 saturated carbocycles. The molecule has 0 aromatic rings. The number of hydrogen-bond acceptors (Lipinski definition) is 15. The number of ether oxygens (including phenoxy) is 4. The molecule has 0 aromatic carbocycles. The molecule has 0 aliphatic rings. The van der Waals surface area contributed by atoms with Crippen molar-refractivity contribution in [1.82, 2.24) is 0 Å². The Morgan fingerprint density at radius 2 is 0.567 bits per heavy atom. The van der Waals surface area contributed by atoms with E-state index in [0.717, 1.165) is 102 Å². The molecule has 0 radical (unpaired) electrons. The van der Waals surface area contributed by atoms with Gasteiger partial charge in [0.15, 0.2) is 12.2 Å². The molecule has 0 spiro atoms. The van der Waals surface area contributed by atoms with E-state index in [1.807, 2.05) is 0 Å². The standard InChI is InChI=1S/C71H138O17P2/c1-7-10-12-14-16-18-24-29-35-41-47-53-68(73)81-59-66(87-71(76)56-50-44-37-31-27-23-21-20-22-26-28-34-40-46-52-64(6)9-3)61-85-89(77,78)83-57-65(72)58-84-90(79,80)86-62-67(60-82-69(74)54-48-42-38-32-33-39-45-51-63(4)5)88-70(75)55-49-43-36-30-25-19-17-15-13-11-8-2/h63-67,72H,7-62H2,1-6H3,(H,77,78)(H,79,80)/t64?,65-,66-,67-/m1/s1. The fourth-order valence-electron chi connectivity index (χ4n) is 10.7. The molecule has 0 aliphatic heterocycles. The van der Waals surface area contributed by atoms with Crippen LogP contribution >= 0.6 is 15.6 Å². The number of carbonyl (C=O) groups excluding carboxylic acids is 4. The molecule has 0 aromatic heterocycles. The van der Waals surface area contributed by atoms with Crippen molar-refractivity contribution < 1.29 is 80.2 Å². The van der Waals surface area contributed by atoms with Crippen molar-refractivity contribution in [1.29, 1.82) is 0 Å². The Labute approximate surface area is 549 Å². The largest absolute Gasteiger partial charge is 0.472 e. The minimum atomic E-state index is -4.95. The van der Waals surface area contributed by atoms with Crippen LogP contribution in [0.5, 0.6) is 0 Å². The van der Waals surface area contributed by atoms with Crippen LogP contribution in [0.2, 0.25) is 0 Å². The van der Waals surface area contributed by atoms with Crippen LogP contribution < -0.4 is 0 Å². The van der Waals surface area contributed by atoms with Gasteiger partial charge in [-0.05, 0) is 37.5 Å². The zero-order valence-electron chi connectivity index (χ0n) is 58.4. The van der Waals surface area contributed by atoms with E-state index >= 15 is 0 Å². The van der Waals surface area contributed by atoms with Crippen LogP contribution in [0.1, 0.15) is 363 Å². The second-order valence-electron chi connectivity index (χ2n) is 26.3. The predicted molar refractivity (Wildman–Crippen MR) is 363 cm³/mol. The first-order chi connectivity index (χ1) is 43.4. The van der Waals surface area contributed by atoms with Crippen molar-refractivity contribution in [3.63, 3.8) is 0 Å². The summed E-state index contributed by atoms with van der Waals surface area (Å²) >= 11 is 0. The average molecular weight is 1330 g/mol. The topological polar surface area (TPSA) is 237 Å². The fourth-order valence-corrected chi connectivity index (χ4v) is 12.3. The van der Waals surface area contributed by atoms with Crippen molar-refractivity contribution in [2.45, 2.75) is 381 Å². The summed E-state index contributed by atoms with van der Waals surface area (Å²) in [5.41, 5.74) is 0. The highest BCUT2D eigenvalue weighted by Gasteiger charge is 2.30. The fraction of sp³-hybridized carbons (Fsp3) is 0.944. The summed E-state index contributed by atoms with van der Waals surface area (Å²) in [6, 6.07) is 0. The number of carbonyl (C=O) groups is 4. The lowest BCUT2D eigenvalue weighted by Crippen LogP contribution is -2.30. The average Bonchev–Trinajstić information content (AvgIpc) is 3.63. The highest BCUT2D eigenvalue weighted by molar-refractivity contribution is 7.47. The Kier molecular flexibility index (Phi) is 61.8. The summed E-state index contributed by atoms with van der Waals surface area (Å²) in [6.45, 7) is 9.55. The van der Waals surface area contributed by atoms with Gasteiger partial charge in [-0.3, -0.25) is 37.3 Å². The van der Waals surface area contributed by atoms with Crippen LogP contribution in [0, 0.1) is 11.8 Å². The third kappa shape index (κ3) is 63.5. The molecule has 0 rings (SSSR count). The van der Waals surface area contributed by atoms with Gasteiger partial charge in [-0.25, -0.2) is 9.13 Å². The van der Waals surface area contributed by atoms with Gasteiger partial charge in [0.2, 0.25) is 0 Å². The normalized spacial score (nSPS) is 14.4. The molecule has 534 valence electrons. The van der Waals surface area contributed by atoms with E-state index in [2.05, 4.69) is 41.5 Å². The highest BCUT2D eigenvalue weighted by atomic mass is 31.2. The van der Waals surface area contributed by atoms with Gasteiger partial charge < -0.3 is 33.8 Å². The predicted octanol–water partition coefficient (Wildman–Crippen LogP) is 20.4. The number of aliphatic hydroxyl groups is 1. The smallest absolute Gasteiger partial charge is 0.462 e. The zero-order valence-corrected chi connectivity index (χ0v) is 60.2. The number of phosphoric ester groups is 2. The molecular formula is C71H138O17P2. The first-order valence-electron chi connectivity index (χ1n) is 37.0. The van der Waals surface area contributed by atoms with Crippen LogP contribution in [-0.2, 0) is 65.4 Å². The van der Waals surface area contributed by atoms with Gasteiger partial charge in [0.1, 0.15) is 19.3 Å². The number of phosphoric acid groups is 2. The molecule has 0 saturated heterocycles. The van der Waals surface area contributed by atoms with E-state index in [4.69, 9.17) is 37.0 Å². The van der Waals surface area contributed by atoms with Crippen molar-refractivity contribution >= 4 is 39.5 Å². The second-order valence-corrected chi connectivity index (χ2v) is 29.3. The maximum atomic E-state index is 13.0. The third-order valence-corrected chi connectivity index (χ3v) is 18.7. The number of aliphatic hydroxyl groups excluding tert-OH is 1. The molecule has 0 aliphatic carbocycles. The number of hydrogen-bond donors (Lipinski definition) is 3. The molecule has 0 amide bonds. The second kappa shape index (κ2) is 63.1. The van der Waals surface area contributed by atoms with Gasteiger partial charge in [-0.2, -0.15) is 0 Å². The van der Waals surface area contributed by atoms with Crippen molar-refractivity contribution in [3.05, 3.63) is 0 Å². The Balaban J connectivity index is 5.22. The quantitative estimate of drug-likeness (QED) is 0.0222. The van der Waals surface area contributed by atoms with E-state index < -0.39 is 97.5 Å². The molecule has 3 unspecified atom stereocenters. The van der Waals surface area contributed by atoms with E-state index in [0.29, 0.717) is 31.6 Å². The molecule has 0 bridgehead atoms. The number of unbranched alkanes of at least 4 members (excludes halogenated alkanes) is 39. The monoisotopic (exact) mass is 1320 g/mol. The summed E-state index contributed by atoms with van der Waals surface area (Å²) in [7, 11) is -9.90. The minimum absolute atomic E-state index is 0.106. The summed E-state index contributed by atoms with van der Waals surface area (Å²) in [5, 5.41) is 10.6. The minimum Gasteiger partial charge on any atom is -0.462 e. The SMILES string of the molecule is CCCCCCCCCCCCCC(=O)OC[C@H](COP(=O)(O)OC[C@@H](O)COP(=O)(O)OC[C@@H](COC(=O)CCCCCCCCCC(C)C)OC(=O)CCCCCCCCCCCCC)OC(=O)CCCCCCCCCCCCCCCCC(C)CC. The first-order valence-corrected chi connectivity index (χ1v) is 40.0. The Morgan fingerprint density at radius 1 is 0.322 bits per heavy atom. The van der Waals surface area contributed by atoms with Gasteiger partial charge in [0.25, 0.3) is 0 Å². The molecule has 90 heavy (non-hydrogen) atoms. The highest BCUT2D eigenvalue weighted by Crippen LogP contribution is 2.45. The maximum absolute atomic E-state index is 13.0. The molecule has 0 fully saturated rings. The molecule has 3 N–H and O–H groups in total. The summed E-state index contributed by atoms with van der Waals surface area (Å²) < 4.78 is 68.3. The van der Waals surface area contributed by atoms with Crippen molar-refractivity contribution in [2.24, 2.45) is 11.8 Å². The Bertz CT molecular complexity index is 1750. The number of esters is 4. The summed E-state index contributed by atoms with van der Waals surface area (Å²) in [4.78, 5) is 72.5. The van der Waals surface area contributed by atoms with E-state index in [1.165, 1.54) is 173 Å². The molecule has 19 heteroatoms. The van der Waals surface area contributed by atoms with Gasteiger partial charge in [0, 0.05) is 25.7 Å². The third-order valence-electron chi connectivity index (χ3n) is 16.8. The van der Waals surface area contributed by atoms with E-state index in [9.17, 15) is 43.2 Å². The van der Waals surface area contributed by atoms with Crippen molar-refractivity contribution in [2.75, 3.05) is 39.6 Å². The Morgan fingerprint density at radius 3 is 0.844 bits per heavy atom. The van der Waals surface area contributed by atoms with Crippen LogP contribution in [0.3, 0.4) is 0 Å². The molecule has 0 heterocycles. The van der Waals surface area contributed by atoms with Crippen LogP contribution in [0.4, 0.5) is 0 Å².